The highest BCUT2D eigenvalue weighted by molar-refractivity contribution is 5.73. The van der Waals surface area contributed by atoms with Gasteiger partial charge in [-0.1, -0.05) is 0 Å². The highest BCUT2D eigenvalue weighted by atomic mass is 16.5. The van der Waals surface area contributed by atoms with Crippen molar-refractivity contribution in [2.75, 3.05) is 24.7 Å². The first-order valence-electron chi connectivity index (χ1n) is 9.88. The van der Waals surface area contributed by atoms with Gasteiger partial charge in [-0.2, -0.15) is 10.2 Å². The fraction of sp³-hybridized carbons (Fsp3) is 0.579. The summed E-state index contributed by atoms with van der Waals surface area (Å²) in [5.74, 6) is 2.23. The van der Waals surface area contributed by atoms with Gasteiger partial charge in [-0.05, 0) is 26.2 Å². The topological polar surface area (TPSA) is 73.4 Å². The van der Waals surface area contributed by atoms with E-state index >= 15 is 0 Å². The lowest BCUT2D eigenvalue weighted by Crippen LogP contribution is -2.31. The van der Waals surface area contributed by atoms with E-state index < -0.39 is 0 Å². The fourth-order valence-corrected chi connectivity index (χ4v) is 4.40. The van der Waals surface area contributed by atoms with Crippen molar-refractivity contribution in [3.8, 4) is 0 Å². The van der Waals surface area contributed by atoms with Crippen LogP contribution in [0.25, 0.3) is 5.52 Å². The summed E-state index contributed by atoms with van der Waals surface area (Å²) < 4.78 is 9.74. The number of nitrogens with zero attached hydrogens (tertiary/aromatic N) is 7. The van der Waals surface area contributed by atoms with Gasteiger partial charge in [0.05, 0.1) is 24.0 Å². The molecule has 5 heterocycles. The average Bonchev–Trinajstić information content (AvgIpc) is 3.10. The van der Waals surface area contributed by atoms with Crippen molar-refractivity contribution in [1.82, 2.24) is 29.4 Å². The van der Waals surface area contributed by atoms with Crippen LogP contribution in [0.1, 0.15) is 54.0 Å². The van der Waals surface area contributed by atoms with Crippen LogP contribution >= 0.6 is 0 Å². The van der Waals surface area contributed by atoms with Crippen molar-refractivity contribution in [3.63, 3.8) is 0 Å². The molecule has 140 valence electrons. The highest BCUT2D eigenvalue weighted by Gasteiger charge is 2.31. The monoisotopic (exact) mass is 365 g/mol. The van der Waals surface area contributed by atoms with Gasteiger partial charge in [0, 0.05) is 43.8 Å². The lowest BCUT2D eigenvalue weighted by Gasteiger charge is -2.27. The summed E-state index contributed by atoms with van der Waals surface area (Å²) in [5, 5.41) is 9.28. The largest absolute Gasteiger partial charge is 0.381 e. The van der Waals surface area contributed by atoms with Crippen LogP contribution in [0, 0.1) is 6.92 Å². The Morgan fingerprint density at radius 2 is 2.15 bits per heavy atom. The van der Waals surface area contributed by atoms with E-state index in [4.69, 9.17) is 14.8 Å². The summed E-state index contributed by atoms with van der Waals surface area (Å²) in [5.41, 5.74) is 4.70. The Balaban J connectivity index is 1.41. The van der Waals surface area contributed by atoms with Gasteiger partial charge in [0.1, 0.15) is 17.7 Å². The van der Waals surface area contributed by atoms with Crippen molar-refractivity contribution >= 4 is 11.3 Å². The minimum atomic E-state index is 0.330. The molecule has 27 heavy (non-hydrogen) atoms. The molecule has 0 bridgehead atoms. The molecule has 0 unspecified atom stereocenters. The van der Waals surface area contributed by atoms with Crippen molar-refractivity contribution in [2.45, 2.75) is 51.1 Å². The average molecular weight is 365 g/mol. The summed E-state index contributed by atoms with van der Waals surface area (Å²) >= 11 is 0. The molecule has 8 heteroatoms. The van der Waals surface area contributed by atoms with Gasteiger partial charge in [0.15, 0.2) is 5.82 Å². The Kier molecular flexibility index (Phi) is 3.32. The SMILES string of the molecule is Cc1nc([C@H]2CCOC2)c2c(N3CCc4nn(C5CC5)cc4C3)ncnn12. The minimum absolute atomic E-state index is 0.330. The first kappa shape index (κ1) is 15.6. The van der Waals surface area contributed by atoms with E-state index in [2.05, 4.69) is 25.9 Å². The molecule has 0 amide bonds. The lowest BCUT2D eigenvalue weighted by molar-refractivity contribution is 0.193. The zero-order valence-electron chi connectivity index (χ0n) is 15.5. The zero-order valence-corrected chi connectivity index (χ0v) is 15.5. The Morgan fingerprint density at radius 1 is 1.22 bits per heavy atom. The molecule has 2 aliphatic heterocycles. The van der Waals surface area contributed by atoms with Crippen LogP contribution in [0.3, 0.4) is 0 Å². The fourth-order valence-electron chi connectivity index (χ4n) is 4.40. The van der Waals surface area contributed by atoms with Crippen LogP contribution in [0.2, 0.25) is 0 Å². The zero-order chi connectivity index (χ0) is 18.0. The molecule has 3 aromatic rings. The number of ether oxygens (including phenoxy) is 1. The number of hydrogen-bond acceptors (Lipinski definition) is 6. The second-order valence-corrected chi connectivity index (χ2v) is 7.93. The molecule has 0 radical (unpaired) electrons. The standard InChI is InChI=1S/C19H23N7O/c1-12-22-17(13-5-7-27-10-13)18-19(20-11-21-26(12)18)24-6-4-16-14(8-24)9-25(23-16)15-2-3-15/h9,11,13,15H,2-8,10H2,1H3/t13-/m0/s1. The van der Waals surface area contributed by atoms with Crippen molar-refractivity contribution in [1.29, 1.82) is 0 Å². The van der Waals surface area contributed by atoms with Crippen LogP contribution in [0.15, 0.2) is 12.5 Å². The lowest BCUT2D eigenvalue weighted by atomic mass is 10.0. The van der Waals surface area contributed by atoms with Crippen LogP contribution in [-0.4, -0.2) is 49.1 Å². The van der Waals surface area contributed by atoms with Gasteiger partial charge >= 0.3 is 0 Å². The summed E-state index contributed by atoms with van der Waals surface area (Å²) in [6.45, 7) is 5.32. The molecule has 6 rings (SSSR count). The number of anilines is 1. The van der Waals surface area contributed by atoms with E-state index in [0.717, 1.165) is 62.0 Å². The Labute approximate surface area is 157 Å². The van der Waals surface area contributed by atoms with Crippen LogP contribution in [0.5, 0.6) is 0 Å². The van der Waals surface area contributed by atoms with Gasteiger partial charge in [-0.15, -0.1) is 0 Å². The van der Waals surface area contributed by atoms with Crippen molar-refractivity contribution in [3.05, 3.63) is 35.3 Å². The molecule has 3 aromatic heterocycles. The number of aromatic nitrogens is 6. The highest BCUT2D eigenvalue weighted by Crippen LogP contribution is 2.37. The molecular formula is C19H23N7O. The van der Waals surface area contributed by atoms with Crippen molar-refractivity contribution < 1.29 is 4.74 Å². The number of aryl methyl sites for hydroxylation is 1. The Bertz CT molecular complexity index is 1010. The van der Waals surface area contributed by atoms with E-state index in [1.54, 1.807) is 6.33 Å². The van der Waals surface area contributed by atoms with Crippen LogP contribution in [0.4, 0.5) is 5.82 Å². The third-order valence-electron chi connectivity index (χ3n) is 6.01. The molecule has 0 aromatic carbocycles. The predicted octanol–water partition coefficient (Wildman–Crippen LogP) is 2.03. The van der Waals surface area contributed by atoms with Crippen molar-refractivity contribution in [2.24, 2.45) is 0 Å². The maximum atomic E-state index is 5.62. The first-order chi connectivity index (χ1) is 13.3. The molecule has 1 aliphatic carbocycles. The van der Waals surface area contributed by atoms with Gasteiger partial charge in [-0.3, -0.25) is 4.68 Å². The van der Waals surface area contributed by atoms with E-state index in [1.807, 2.05) is 11.4 Å². The third-order valence-corrected chi connectivity index (χ3v) is 6.01. The molecule has 1 saturated heterocycles. The molecule has 1 saturated carbocycles. The van der Waals surface area contributed by atoms with Gasteiger partial charge in [0.25, 0.3) is 0 Å². The minimum Gasteiger partial charge on any atom is -0.381 e. The normalized spacial score (nSPS) is 22.6. The molecule has 0 spiro atoms. The first-order valence-corrected chi connectivity index (χ1v) is 9.88. The summed E-state index contributed by atoms with van der Waals surface area (Å²) in [7, 11) is 0. The van der Waals surface area contributed by atoms with E-state index in [0.29, 0.717) is 12.0 Å². The van der Waals surface area contributed by atoms with Crippen LogP contribution in [-0.2, 0) is 17.7 Å². The van der Waals surface area contributed by atoms with E-state index in [1.165, 1.54) is 24.1 Å². The number of fused-ring (bicyclic) bond motifs is 2. The molecule has 3 aliphatic rings. The third kappa shape index (κ3) is 2.46. The molecule has 0 N–H and O–H groups in total. The maximum absolute atomic E-state index is 5.62. The Morgan fingerprint density at radius 3 is 2.96 bits per heavy atom. The molecule has 1 atom stereocenters. The summed E-state index contributed by atoms with van der Waals surface area (Å²) in [6, 6.07) is 0.626. The van der Waals surface area contributed by atoms with E-state index in [-0.39, 0.29) is 0 Å². The summed E-state index contributed by atoms with van der Waals surface area (Å²) in [4.78, 5) is 11.9. The van der Waals surface area contributed by atoms with Gasteiger partial charge < -0.3 is 9.64 Å². The Hall–Kier alpha value is -2.48. The van der Waals surface area contributed by atoms with E-state index in [9.17, 15) is 0 Å². The smallest absolute Gasteiger partial charge is 0.158 e. The molecule has 2 fully saturated rings. The quantitative estimate of drug-likeness (QED) is 0.707. The second kappa shape index (κ2) is 5.76. The summed E-state index contributed by atoms with van der Waals surface area (Å²) in [6.07, 6.45) is 8.39. The molecular weight excluding hydrogens is 342 g/mol. The van der Waals surface area contributed by atoms with Crippen LogP contribution < -0.4 is 4.90 Å². The molecule has 8 nitrogen and oxygen atoms in total. The maximum Gasteiger partial charge on any atom is 0.158 e. The second-order valence-electron chi connectivity index (χ2n) is 7.93. The van der Waals surface area contributed by atoms with Gasteiger partial charge in [0.2, 0.25) is 0 Å². The van der Waals surface area contributed by atoms with Gasteiger partial charge in [-0.25, -0.2) is 14.5 Å². The predicted molar refractivity (Wildman–Crippen MR) is 98.9 cm³/mol. The number of imidazole rings is 1. The number of rotatable bonds is 3. The number of hydrogen-bond donors (Lipinski definition) is 0.